The number of nitrogens with zero attached hydrogens (tertiary/aromatic N) is 2. The van der Waals surface area contributed by atoms with Gasteiger partial charge in [-0.2, -0.15) is 4.31 Å². The maximum absolute atomic E-state index is 14.0. The van der Waals surface area contributed by atoms with E-state index >= 15 is 0 Å². The predicted octanol–water partition coefficient (Wildman–Crippen LogP) is 4.39. The van der Waals surface area contributed by atoms with Crippen LogP contribution in [0.4, 0.5) is 5.69 Å². The van der Waals surface area contributed by atoms with E-state index in [2.05, 4.69) is 5.32 Å². The highest BCUT2D eigenvalue weighted by Gasteiger charge is 2.39. The second-order valence-electron chi connectivity index (χ2n) is 10.8. The second kappa shape index (κ2) is 12.0. The van der Waals surface area contributed by atoms with Gasteiger partial charge in [-0.15, -0.1) is 0 Å². The van der Waals surface area contributed by atoms with Crippen molar-refractivity contribution < 1.29 is 22.7 Å². The van der Waals surface area contributed by atoms with Crippen molar-refractivity contribution >= 4 is 38.3 Å². The molecule has 2 aliphatic rings. The fraction of sp³-hybridized carbons (Fsp3) is 0.273. The Hall–Kier alpha value is -4.21. The molecular formula is C33H33N3O5S. The third-order valence-corrected chi connectivity index (χ3v) is 9.84. The molecule has 2 atom stereocenters. The molecule has 0 radical (unpaired) electrons. The van der Waals surface area contributed by atoms with Crippen molar-refractivity contribution in [2.45, 2.75) is 30.3 Å². The first-order chi connectivity index (χ1) is 20.4. The van der Waals surface area contributed by atoms with E-state index in [1.54, 1.807) is 35.2 Å². The summed E-state index contributed by atoms with van der Waals surface area (Å²) in [6.07, 6.45) is 0.942. The number of rotatable bonds is 7. The van der Waals surface area contributed by atoms with Gasteiger partial charge in [0.05, 0.1) is 23.0 Å². The average molecular weight is 584 g/mol. The molecule has 8 nitrogen and oxygen atoms in total. The van der Waals surface area contributed by atoms with Crippen molar-refractivity contribution in [2.24, 2.45) is 5.92 Å². The fourth-order valence-corrected chi connectivity index (χ4v) is 7.29. The first-order valence-electron chi connectivity index (χ1n) is 14.3. The molecule has 1 fully saturated rings. The minimum Gasteiger partial charge on any atom is -0.477 e. The number of carbonyl (C=O) groups excluding carboxylic acids is 2. The quantitative estimate of drug-likeness (QED) is 0.348. The summed E-state index contributed by atoms with van der Waals surface area (Å²) in [4.78, 5) is 28.9. The van der Waals surface area contributed by atoms with Crippen LogP contribution in [-0.2, 0) is 26.0 Å². The van der Waals surface area contributed by atoms with Crippen LogP contribution in [-0.4, -0.2) is 56.8 Å². The highest BCUT2D eigenvalue weighted by atomic mass is 32.2. The van der Waals surface area contributed by atoms with Crippen LogP contribution in [0, 0.1) is 5.92 Å². The lowest BCUT2D eigenvalue weighted by molar-refractivity contribution is -0.129. The number of hydrogen-bond acceptors (Lipinski definition) is 5. The lowest BCUT2D eigenvalue weighted by Gasteiger charge is -2.38. The SMILES string of the molecule is O=C(NCCc1ccccc1)[C@H]1CN(C(=O)[C@@H]2CCCN(S(=O)(=O)c3ccc4ccccc4c3)C2)c2ccccc2O1. The van der Waals surface area contributed by atoms with Gasteiger partial charge in [-0.05, 0) is 59.9 Å². The maximum atomic E-state index is 14.0. The molecule has 0 aromatic heterocycles. The zero-order chi connectivity index (χ0) is 29.1. The minimum atomic E-state index is -3.79. The van der Waals surface area contributed by atoms with Gasteiger partial charge in [0.15, 0.2) is 6.10 Å². The predicted molar refractivity (Wildman–Crippen MR) is 162 cm³/mol. The van der Waals surface area contributed by atoms with Gasteiger partial charge in [-0.3, -0.25) is 9.59 Å². The Morgan fingerprint density at radius 1 is 0.857 bits per heavy atom. The number of piperidine rings is 1. The van der Waals surface area contributed by atoms with E-state index in [4.69, 9.17) is 4.74 Å². The molecular weight excluding hydrogens is 550 g/mol. The minimum absolute atomic E-state index is 0.0565. The summed E-state index contributed by atoms with van der Waals surface area (Å²) in [6, 6.07) is 29.8. The fourth-order valence-electron chi connectivity index (χ4n) is 5.73. The Labute approximate surface area is 245 Å². The van der Waals surface area contributed by atoms with E-state index in [9.17, 15) is 18.0 Å². The molecule has 2 amide bonds. The monoisotopic (exact) mass is 583 g/mol. The van der Waals surface area contributed by atoms with E-state index in [1.165, 1.54) is 4.31 Å². The van der Waals surface area contributed by atoms with Gasteiger partial charge in [0.25, 0.3) is 5.91 Å². The molecule has 6 rings (SSSR count). The maximum Gasteiger partial charge on any atom is 0.262 e. The first kappa shape index (κ1) is 27.9. The number of anilines is 1. The second-order valence-corrected chi connectivity index (χ2v) is 12.7. The number of para-hydroxylation sites is 2. The number of carbonyl (C=O) groups is 2. The Morgan fingerprint density at radius 3 is 2.43 bits per heavy atom. The normalized spacial score (nSPS) is 19.1. The molecule has 0 spiro atoms. The lowest BCUT2D eigenvalue weighted by atomic mass is 9.97. The van der Waals surface area contributed by atoms with Gasteiger partial charge in [-0.25, -0.2) is 8.42 Å². The van der Waals surface area contributed by atoms with Crippen LogP contribution in [0.2, 0.25) is 0 Å². The Morgan fingerprint density at radius 2 is 1.60 bits per heavy atom. The van der Waals surface area contributed by atoms with Crippen LogP contribution in [0.5, 0.6) is 5.75 Å². The van der Waals surface area contributed by atoms with Crippen LogP contribution in [0.1, 0.15) is 18.4 Å². The molecule has 0 unspecified atom stereocenters. The molecule has 2 heterocycles. The van der Waals surface area contributed by atoms with Gasteiger partial charge >= 0.3 is 0 Å². The molecule has 216 valence electrons. The van der Waals surface area contributed by atoms with E-state index in [-0.39, 0.29) is 29.8 Å². The third-order valence-electron chi connectivity index (χ3n) is 7.98. The van der Waals surface area contributed by atoms with Gasteiger partial charge in [0.2, 0.25) is 15.9 Å². The van der Waals surface area contributed by atoms with Crippen LogP contribution < -0.4 is 15.0 Å². The summed E-state index contributed by atoms with van der Waals surface area (Å²) in [7, 11) is -3.79. The molecule has 0 bridgehead atoms. The number of sulfonamides is 1. The summed E-state index contributed by atoms with van der Waals surface area (Å²) in [5.74, 6) is -0.577. The van der Waals surface area contributed by atoms with Crippen molar-refractivity contribution in [3.05, 3.63) is 103 Å². The van der Waals surface area contributed by atoms with Crippen LogP contribution in [0.25, 0.3) is 10.8 Å². The van der Waals surface area contributed by atoms with Crippen LogP contribution in [0.15, 0.2) is 102 Å². The van der Waals surface area contributed by atoms with Crippen molar-refractivity contribution in [2.75, 3.05) is 31.1 Å². The molecule has 1 N–H and O–H groups in total. The van der Waals surface area contributed by atoms with Gasteiger partial charge in [0, 0.05) is 19.6 Å². The first-order valence-corrected chi connectivity index (χ1v) is 15.7. The van der Waals surface area contributed by atoms with Crippen LogP contribution >= 0.6 is 0 Å². The zero-order valence-corrected chi connectivity index (χ0v) is 24.0. The van der Waals surface area contributed by atoms with Gasteiger partial charge in [0.1, 0.15) is 5.75 Å². The molecule has 2 aliphatic heterocycles. The highest BCUT2D eigenvalue weighted by Crippen LogP contribution is 2.36. The smallest absolute Gasteiger partial charge is 0.262 e. The molecule has 4 aromatic carbocycles. The molecule has 42 heavy (non-hydrogen) atoms. The zero-order valence-electron chi connectivity index (χ0n) is 23.2. The molecule has 0 saturated carbocycles. The summed E-state index contributed by atoms with van der Waals surface area (Å²) in [5, 5.41) is 4.75. The Kier molecular flexibility index (Phi) is 7.95. The summed E-state index contributed by atoms with van der Waals surface area (Å²) in [5.41, 5.74) is 1.70. The van der Waals surface area contributed by atoms with E-state index < -0.39 is 22.0 Å². The van der Waals surface area contributed by atoms with Crippen molar-refractivity contribution in [3.63, 3.8) is 0 Å². The lowest BCUT2D eigenvalue weighted by Crippen LogP contribution is -2.54. The average Bonchev–Trinajstić information content (AvgIpc) is 3.04. The molecule has 1 saturated heterocycles. The van der Waals surface area contributed by atoms with E-state index in [1.807, 2.05) is 66.7 Å². The molecule has 4 aromatic rings. The number of nitrogens with one attached hydrogen (secondary N) is 1. The molecule has 0 aliphatic carbocycles. The highest BCUT2D eigenvalue weighted by molar-refractivity contribution is 7.89. The summed E-state index contributed by atoms with van der Waals surface area (Å²) < 4.78 is 34.7. The number of ether oxygens (including phenoxy) is 1. The largest absolute Gasteiger partial charge is 0.477 e. The van der Waals surface area contributed by atoms with Gasteiger partial charge < -0.3 is 15.0 Å². The van der Waals surface area contributed by atoms with Crippen molar-refractivity contribution in [1.82, 2.24) is 9.62 Å². The number of hydrogen-bond donors (Lipinski definition) is 1. The Balaban J connectivity index is 1.17. The number of fused-ring (bicyclic) bond motifs is 2. The third kappa shape index (κ3) is 5.75. The summed E-state index contributed by atoms with van der Waals surface area (Å²) in [6.45, 7) is 0.940. The van der Waals surface area contributed by atoms with Crippen molar-refractivity contribution in [1.29, 1.82) is 0 Å². The van der Waals surface area contributed by atoms with E-state index in [0.29, 0.717) is 43.8 Å². The van der Waals surface area contributed by atoms with Crippen molar-refractivity contribution in [3.8, 4) is 5.75 Å². The number of amides is 2. The standard InChI is InChI=1S/C33H33N3O5S/c37-32(34-19-18-24-9-2-1-3-10-24)31-23-36(29-14-6-7-15-30(29)41-31)33(38)27-13-8-20-35(22-27)42(39,40)28-17-16-25-11-4-5-12-26(25)21-28/h1-7,9-12,14-17,21,27,31H,8,13,18-20,22-23H2,(H,34,37)/t27-,31-/m1/s1. The van der Waals surface area contributed by atoms with Gasteiger partial charge in [-0.1, -0.05) is 72.8 Å². The van der Waals surface area contributed by atoms with Crippen LogP contribution in [0.3, 0.4) is 0 Å². The Bertz CT molecular complexity index is 1710. The summed E-state index contributed by atoms with van der Waals surface area (Å²) >= 11 is 0. The number of benzene rings is 4. The molecule has 9 heteroatoms. The topological polar surface area (TPSA) is 96.0 Å². The van der Waals surface area contributed by atoms with E-state index in [0.717, 1.165) is 16.3 Å².